The molecular weight excluding hydrogens is 456 g/mol. The van der Waals surface area contributed by atoms with Crippen molar-refractivity contribution in [1.82, 2.24) is 0 Å². The van der Waals surface area contributed by atoms with Crippen molar-refractivity contribution < 1.29 is 38.1 Å². The number of nitrogens with zero attached hydrogens (tertiary/aromatic N) is 1. The molecular formula is C25H28N2O8. The Bertz CT molecular complexity index is 1100. The van der Waals surface area contributed by atoms with Crippen molar-refractivity contribution in [1.29, 1.82) is 0 Å². The van der Waals surface area contributed by atoms with Gasteiger partial charge in [-0.3, -0.25) is 14.4 Å². The molecule has 1 aliphatic rings. The molecule has 0 bridgehead atoms. The van der Waals surface area contributed by atoms with Crippen molar-refractivity contribution in [2.75, 3.05) is 37.6 Å². The molecule has 2 aromatic carbocycles. The van der Waals surface area contributed by atoms with Gasteiger partial charge in [-0.1, -0.05) is 0 Å². The lowest BCUT2D eigenvalue weighted by atomic mass is 10.1. The zero-order chi connectivity index (χ0) is 25.5. The summed E-state index contributed by atoms with van der Waals surface area (Å²) < 4.78 is 20.6. The van der Waals surface area contributed by atoms with Crippen LogP contribution in [0.4, 0.5) is 11.4 Å². The van der Waals surface area contributed by atoms with E-state index in [9.17, 15) is 19.2 Å². The maximum absolute atomic E-state index is 12.5. The van der Waals surface area contributed by atoms with Crippen LogP contribution in [0, 0.1) is 5.92 Å². The fraction of sp³-hybridized carbons (Fsp3) is 0.360. The molecule has 10 nitrogen and oxygen atoms in total. The zero-order valence-electron chi connectivity index (χ0n) is 20.0. The molecule has 0 aliphatic carbocycles. The van der Waals surface area contributed by atoms with Crippen LogP contribution in [0.1, 0.15) is 30.6 Å². The fourth-order valence-corrected chi connectivity index (χ4v) is 3.53. The molecule has 3 rings (SSSR count). The van der Waals surface area contributed by atoms with E-state index in [-0.39, 0.29) is 25.0 Å². The highest BCUT2D eigenvalue weighted by Gasteiger charge is 2.36. The standard InChI is InChI=1S/C25H28N2O8/c1-15(2)35-25(31)16-5-7-18(8-6-16)27-13-17(11-23(27)29)24(30)34-14-22(28)26-20-12-19(32-3)9-10-21(20)33-4/h5-10,12,15,17H,11,13-14H2,1-4H3,(H,26,28)/t17-/m1/s1. The fourth-order valence-electron chi connectivity index (χ4n) is 3.53. The monoisotopic (exact) mass is 484 g/mol. The third-order valence-corrected chi connectivity index (χ3v) is 5.24. The largest absolute Gasteiger partial charge is 0.497 e. The first-order valence-corrected chi connectivity index (χ1v) is 11.0. The van der Waals surface area contributed by atoms with Gasteiger partial charge < -0.3 is 29.2 Å². The first-order valence-electron chi connectivity index (χ1n) is 11.0. The number of hydrogen-bond acceptors (Lipinski definition) is 8. The topological polar surface area (TPSA) is 120 Å². The lowest BCUT2D eigenvalue weighted by molar-refractivity contribution is -0.151. The van der Waals surface area contributed by atoms with E-state index >= 15 is 0 Å². The predicted molar refractivity (Wildman–Crippen MR) is 127 cm³/mol. The van der Waals surface area contributed by atoms with Crippen LogP contribution in [-0.4, -0.2) is 57.2 Å². The quantitative estimate of drug-likeness (QED) is 0.540. The summed E-state index contributed by atoms with van der Waals surface area (Å²) in [5.74, 6) is -1.69. The van der Waals surface area contributed by atoms with Crippen molar-refractivity contribution in [2.24, 2.45) is 5.92 Å². The number of nitrogens with one attached hydrogen (secondary N) is 1. The number of carbonyl (C=O) groups is 4. The van der Waals surface area contributed by atoms with E-state index in [2.05, 4.69) is 5.32 Å². The van der Waals surface area contributed by atoms with Gasteiger partial charge in [0, 0.05) is 24.7 Å². The van der Waals surface area contributed by atoms with Gasteiger partial charge in [0.25, 0.3) is 5.91 Å². The van der Waals surface area contributed by atoms with Crippen LogP contribution >= 0.6 is 0 Å². The Morgan fingerprint density at radius 1 is 1.06 bits per heavy atom. The molecule has 2 amide bonds. The van der Waals surface area contributed by atoms with Gasteiger partial charge in [0.15, 0.2) is 6.61 Å². The Morgan fingerprint density at radius 3 is 2.40 bits per heavy atom. The van der Waals surface area contributed by atoms with E-state index in [1.165, 1.54) is 19.1 Å². The molecule has 1 saturated heterocycles. The maximum Gasteiger partial charge on any atom is 0.338 e. The van der Waals surface area contributed by atoms with E-state index in [0.717, 1.165) is 0 Å². The van der Waals surface area contributed by atoms with Crippen LogP contribution < -0.4 is 19.7 Å². The summed E-state index contributed by atoms with van der Waals surface area (Å²) >= 11 is 0. The number of hydrogen-bond donors (Lipinski definition) is 1. The van der Waals surface area contributed by atoms with Crippen molar-refractivity contribution in [3.63, 3.8) is 0 Å². The molecule has 186 valence electrons. The molecule has 1 atom stereocenters. The minimum Gasteiger partial charge on any atom is -0.497 e. The molecule has 1 heterocycles. The first-order chi connectivity index (χ1) is 16.7. The van der Waals surface area contributed by atoms with Gasteiger partial charge in [0.2, 0.25) is 5.91 Å². The SMILES string of the molecule is COc1ccc(OC)c(NC(=O)COC(=O)[C@@H]2CC(=O)N(c3ccc(C(=O)OC(C)C)cc3)C2)c1. The van der Waals surface area contributed by atoms with E-state index in [4.69, 9.17) is 18.9 Å². The number of esters is 2. The Labute approximate surface area is 203 Å². The molecule has 0 radical (unpaired) electrons. The molecule has 2 aromatic rings. The minimum absolute atomic E-state index is 0.0404. The molecule has 1 N–H and O–H groups in total. The van der Waals surface area contributed by atoms with Gasteiger partial charge in [-0.15, -0.1) is 0 Å². The number of methoxy groups -OCH3 is 2. The number of carbonyl (C=O) groups excluding carboxylic acids is 4. The average molecular weight is 485 g/mol. The molecule has 0 unspecified atom stereocenters. The van der Waals surface area contributed by atoms with Crippen LogP contribution in [0.3, 0.4) is 0 Å². The molecule has 35 heavy (non-hydrogen) atoms. The summed E-state index contributed by atoms with van der Waals surface area (Å²) in [5.41, 5.74) is 1.29. The van der Waals surface area contributed by atoms with Gasteiger partial charge in [-0.05, 0) is 50.2 Å². The van der Waals surface area contributed by atoms with Gasteiger partial charge in [-0.25, -0.2) is 4.79 Å². The summed E-state index contributed by atoms with van der Waals surface area (Å²) in [7, 11) is 2.96. The van der Waals surface area contributed by atoms with Crippen molar-refractivity contribution in [3.05, 3.63) is 48.0 Å². The van der Waals surface area contributed by atoms with Crippen LogP contribution in [0.2, 0.25) is 0 Å². The van der Waals surface area contributed by atoms with Crippen molar-refractivity contribution in [2.45, 2.75) is 26.4 Å². The first kappa shape index (κ1) is 25.5. The Balaban J connectivity index is 1.55. The number of benzene rings is 2. The van der Waals surface area contributed by atoms with Crippen LogP contribution in [0.5, 0.6) is 11.5 Å². The van der Waals surface area contributed by atoms with E-state index < -0.39 is 30.4 Å². The van der Waals surface area contributed by atoms with Crippen molar-refractivity contribution >= 4 is 35.1 Å². The Hall–Kier alpha value is -4.08. The Morgan fingerprint density at radius 2 is 1.77 bits per heavy atom. The maximum atomic E-state index is 12.5. The summed E-state index contributed by atoms with van der Waals surface area (Å²) in [6.07, 6.45) is -0.282. The van der Waals surface area contributed by atoms with Crippen LogP contribution in [0.15, 0.2) is 42.5 Å². The summed E-state index contributed by atoms with van der Waals surface area (Å²) in [6, 6.07) is 11.3. The second kappa shape index (κ2) is 11.4. The second-order valence-corrected chi connectivity index (χ2v) is 8.13. The number of rotatable bonds is 9. The number of ether oxygens (including phenoxy) is 4. The van der Waals surface area contributed by atoms with E-state index in [1.54, 1.807) is 56.3 Å². The molecule has 0 spiro atoms. The van der Waals surface area contributed by atoms with Crippen LogP contribution in [-0.2, 0) is 23.9 Å². The molecule has 1 aliphatic heterocycles. The molecule has 0 saturated carbocycles. The number of anilines is 2. The average Bonchev–Trinajstić information content (AvgIpc) is 3.23. The van der Waals surface area contributed by atoms with E-state index in [1.807, 2.05) is 0 Å². The molecule has 1 fully saturated rings. The summed E-state index contributed by atoms with van der Waals surface area (Å²) in [6.45, 7) is 3.11. The van der Waals surface area contributed by atoms with Gasteiger partial charge in [0.1, 0.15) is 11.5 Å². The summed E-state index contributed by atoms with van der Waals surface area (Å²) in [5, 5.41) is 2.62. The second-order valence-electron chi connectivity index (χ2n) is 8.13. The van der Waals surface area contributed by atoms with E-state index in [0.29, 0.717) is 28.4 Å². The third kappa shape index (κ3) is 6.50. The minimum atomic E-state index is -0.716. The highest BCUT2D eigenvalue weighted by atomic mass is 16.5. The Kier molecular flexibility index (Phi) is 8.30. The highest BCUT2D eigenvalue weighted by Crippen LogP contribution is 2.29. The van der Waals surface area contributed by atoms with Gasteiger partial charge >= 0.3 is 11.9 Å². The summed E-state index contributed by atoms with van der Waals surface area (Å²) in [4.78, 5) is 50.7. The molecule has 10 heteroatoms. The molecule has 0 aromatic heterocycles. The zero-order valence-corrected chi connectivity index (χ0v) is 20.0. The van der Waals surface area contributed by atoms with Crippen molar-refractivity contribution in [3.8, 4) is 11.5 Å². The van der Waals surface area contributed by atoms with Crippen LogP contribution in [0.25, 0.3) is 0 Å². The normalized spacial score (nSPS) is 15.1. The number of amides is 2. The smallest absolute Gasteiger partial charge is 0.338 e. The van der Waals surface area contributed by atoms with Gasteiger partial charge in [0.05, 0.1) is 37.5 Å². The third-order valence-electron chi connectivity index (χ3n) is 5.24. The lowest BCUT2D eigenvalue weighted by Crippen LogP contribution is -2.28. The predicted octanol–water partition coefficient (Wildman–Crippen LogP) is 2.80. The van der Waals surface area contributed by atoms with Gasteiger partial charge in [-0.2, -0.15) is 0 Å². The highest BCUT2D eigenvalue weighted by molar-refractivity contribution is 6.00. The lowest BCUT2D eigenvalue weighted by Gasteiger charge is -2.17.